The summed E-state index contributed by atoms with van der Waals surface area (Å²) in [5.41, 5.74) is 5.46. The van der Waals surface area contributed by atoms with Gasteiger partial charge in [0.25, 0.3) is 0 Å². The van der Waals surface area contributed by atoms with E-state index in [-0.39, 0.29) is 17.0 Å². The van der Waals surface area contributed by atoms with Gasteiger partial charge in [0, 0.05) is 34.7 Å². The number of amidine groups is 1. The Hall–Kier alpha value is -2.02. The third kappa shape index (κ3) is 2.78. The number of rotatable bonds is 2. The van der Waals surface area contributed by atoms with Crippen LogP contribution in [0.15, 0.2) is 35.5 Å². The second-order valence-electron chi connectivity index (χ2n) is 6.78. The standard InChI is InChI=1S/C19H18F3N3S/c20-15-9-16(21)14(8-13(15)12-5-3-7-24-17(12)22)19-6-2-1-4-11(19)10-26-18(23)25-19/h3,5,7-9,11H,1-2,4,6,10H2,(H2,23,25)/t11-,19-/m0/s1. The van der Waals surface area contributed by atoms with Crippen LogP contribution in [0, 0.1) is 23.5 Å². The Morgan fingerprint density at radius 2 is 1.96 bits per heavy atom. The minimum Gasteiger partial charge on any atom is -0.379 e. The summed E-state index contributed by atoms with van der Waals surface area (Å²) in [5, 5.41) is 0.418. The van der Waals surface area contributed by atoms with Crippen LogP contribution >= 0.6 is 11.8 Å². The molecule has 0 unspecified atom stereocenters. The van der Waals surface area contributed by atoms with E-state index in [2.05, 4.69) is 9.98 Å². The molecule has 1 aromatic heterocycles. The van der Waals surface area contributed by atoms with Crippen LogP contribution in [-0.2, 0) is 5.54 Å². The fraction of sp³-hybridized carbons (Fsp3) is 0.368. The minimum atomic E-state index is -0.816. The summed E-state index contributed by atoms with van der Waals surface area (Å²) in [6, 6.07) is 5.18. The summed E-state index contributed by atoms with van der Waals surface area (Å²) < 4.78 is 43.4. The van der Waals surface area contributed by atoms with E-state index >= 15 is 0 Å². The van der Waals surface area contributed by atoms with Gasteiger partial charge in [-0.3, -0.25) is 4.99 Å². The number of aromatic nitrogens is 1. The molecule has 2 aliphatic rings. The van der Waals surface area contributed by atoms with Gasteiger partial charge in [0.1, 0.15) is 11.6 Å². The van der Waals surface area contributed by atoms with Gasteiger partial charge in [-0.25, -0.2) is 13.8 Å². The molecule has 0 spiro atoms. The van der Waals surface area contributed by atoms with E-state index in [1.54, 1.807) is 0 Å². The first-order chi connectivity index (χ1) is 12.5. The number of halogens is 3. The summed E-state index contributed by atoms with van der Waals surface area (Å²) in [5.74, 6) is -1.39. The predicted octanol–water partition coefficient (Wildman–Crippen LogP) is 4.61. The van der Waals surface area contributed by atoms with Crippen molar-refractivity contribution in [3.05, 3.63) is 53.6 Å². The Morgan fingerprint density at radius 3 is 2.77 bits per heavy atom. The molecule has 1 aromatic carbocycles. The van der Waals surface area contributed by atoms with E-state index < -0.39 is 23.1 Å². The molecule has 2 atom stereocenters. The molecule has 0 amide bonds. The predicted molar refractivity (Wildman–Crippen MR) is 97.3 cm³/mol. The van der Waals surface area contributed by atoms with Gasteiger partial charge in [0.2, 0.25) is 5.95 Å². The van der Waals surface area contributed by atoms with Crippen LogP contribution in [-0.4, -0.2) is 15.9 Å². The van der Waals surface area contributed by atoms with Crippen LogP contribution in [0.25, 0.3) is 11.1 Å². The van der Waals surface area contributed by atoms with E-state index in [0.717, 1.165) is 31.1 Å². The first-order valence-electron chi connectivity index (χ1n) is 8.60. The van der Waals surface area contributed by atoms with E-state index in [0.29, 0.717) is 17.2 Å². The van der Waals surface area contributed by atoms with Gasteiger partial charge in [-0.2, -0.15) is 4.39 Å². The summed E-state index contributed by atoms with van der Waals surface area (Å²) in [6.07, 6.45) is 4.80. The molecule has 4 rings (SSSR count). The van der Waals surface area contributed by atoms with E-state index in [9.17, 15) is 13.2 Å². The van der Waals surface area contributed by atoms with Crippen LogP contribution in [0.3, 0.4) is 0 Å². The lowest BCUT2D eigenvalue weighted by molar-refractivity contribution is 0.206. The molecule has 0 saturated heterocycles. The van der Waals surface area contributed by atoms with Crippen molar-refractivity contribution in [2.45, 2.75) is 31.2 Å². The molecule has 1 aliphatic carbocycles. The van der Waals surface area contributed by atoms with Crippen LogP contribution in [0.2, 0.25) is 0 Å². The average molecular weight is 377 g/mol. The van der Waals surface area contributed by atoms with Crippen molar-refractivity contribution < 1.29 is 13.2 Å². The number of thioether (sulfide) groups is 1. The lowest BCUT2D eigenvalue weighted by Crippen LogP contribution is -2.43. The van der Waals surface area contributed by atoms with Gasteiger partial charge in [0.05, 0.1) is 5.54 Å². The Kier molecular flexibility index (Phi) is 4.42. The maximum atomic E-state index is 14.9. The highest BCUT2D eigenvalue weighted by Crippen LogP contribution is 2.50. The largest absolute Gasteiger partial charge is 0.379 e. The first-order valence-corrected chi connectivity index (χ1v) is 9.58. The molecule has 26 heavy (non-hydrogen) atoms. The molecule has 3 nitrogen and oxygen atoms in total. The number of fused-ring (bicyclic) bond motifs is 1. The average Bonchev–Trinajstić information content (AvgIpc) is 2.62. The van der Waals surface area contributed by atoms with Crippen molar-refractivity contribution in [1.29, 1.82) is 0 Å². The molecule has 1 saturated carbocycles. The van der Waals surface area contributed by atoms with Crippen LogP contribution < -0.4 is 5.73 Å². The van der Waals surface area contributed by atoms with Gasteiger partial charge in [-0.1, -0.05) is 24.6 Å². The second kappa shape index (κ2) is 6.61. The monoisotopic (exact) mass is 377 g/mol. The number of benzene rings is 1. The zero-order chi connectivity index (χ0) is 18.3. The van der Waals surface area contributed by atoms with Crippen molar-refractivity contribution in [3.63, 3.8) is 0 Å². The highest BCUT2D eigenvalue weighted by molar-refractivity contribution is 8.13. The Labute approximate surface area is 153 Å². The maximum absolute atomic E-state index is 14.9. The number of aliphatic imine (C=N–C) groups is 1. The lowest BCUT2D eigenvalue weighted by Gasteiger charge is -2.44. The smallest absolute Gasteiger partial charge is 0.220 e. The quantitative estimate of drug-likeness (QED) is 0.778. The summed E-state index contributed by atoms with van der Waals surface area (Å²) in [7, 11) is 0. The van der Waals surface area contributed by atoms with Crippen LogP contribution in [0.4, 0.5) is 13.2 Å². The molecular formula is C19H18F3N3S. The third-order valence-electron chi connectivity index (χ3n) is 5.35. The van der Waals surface area contributed by atoms with Gasteiger partial charge in [-0.15, -0.1) is 0 Å². The SMILES string of the molecule is NC1=N[C@@]2(c3cc(-c4cccnc4F)c(F)cc3F)CCCC[C@H]2CS1. The highest BCUT2D eigenvalue weighted by atomic mass is 32.2. The molecule has 2 N–H and O–H groups in total. The van der Waals surface area contributed by atoms with Crippen molar-refractivity contribution in [1.82, 2.24) is 4.98 Å². The summed E-state index contributed by atoms with van der Waals surface area (Å²) in [4.78, 5) is 8.21. The number of hydrogen-bond donors (Lipinski definition) is 1. The molecule has 0 radical (unpaired) electrons. The second-order valence-corrected chi connectivity index (χ2v) is 7.82. The van der Waals surface area contributed by atoms with Crippen molar-refractivity contribution in [2.24, 2.45) is 16.6 Å². The molecule has 0 bridgehead atoms. The Morgan fingerprint density at radius 1 is 1.12 bits per heavy atom. The van der Waals surface area contributed by atoms with Gasteiger partial charge >= 0.3 is 0 Å². The fourth-order valence-corrected chi connectivity index (χ4v) is 5.14. The fourth-order valence-electron chi connectivity index (χ4n) is 4.10. The van der Waals surface area contributed by atoms with Crippen molar-refractivity contribution in [2.75, 3.05) is 5.75 Å². The van der Waals surface area contributed by atoms with Crippen molar-refractivity contribution >= 4 is 16.9 Å². The molecule has 7 heteroatoms. The summed E-state index contributed by atoms with van der Waals surface area (Å²) >= 11 is 1.47. The zero-order valence-corrected chi connectivity index (χ0v) is 14.8. The Balaban J connectivity index is 1.93. The zero-order valence-electron chi connectivity index (χ0n) is 14.0. The maximum Gasteiger partial charge on any atom is 0.220 e. The first kappa shape index (κ1) is 17.4. The number of nitrogens with zero attached hydrogens (tertiary/aromatic N) is 2. The molecule has 1 aliphatic heterocycles. The number of pyridine rings is 1. The van der Waals surface area contributed by atoms with Gasteiger partial charge in [0.15, 0.2) is 5.17 Å². The van der Waals surface area contributed by atoms with E-state index in [1.165, 1.54) is 36.2 Å². The molecular weight excluding hydrogens is 359 g/mol. The highest BCUT2D eigenvalue weighted by Gasteiger charge is 2.46. The normalized spacial score (nSPS) is 25.5. The van der Waals surface area contributed by atoms with Crippen LogP contribution in [0.5, 0.6) is 0 Å². The molecule has 136 valence electrons. The molecule has 2 aromatic rings. The van der Waals surface area contributed by atoms with Crippen LogP contribution in [0.1, 0.15) is 31.2 Å². The van der Waals surface area contributed by atoms with Gasteiger partial charge < -0.3 is 5.73 Å². The summed E-state index contributed by atoms with van der Waals surface area (Å²) in [6.45, 7) is 0. The van der Waals surface area contributed by atoms with Crippen molar-refractivity contribution in [3.8, 4) is 11.1 Å². The Bertz CT molecular complexity index is 886. The topological polar surface area (TPSA) is 51.3 Å². The van der Waals surface area contributed by atoms with Gasteiger partial charge in [-0.05, 0) is 37.0 Å². The molecule has 1 fully saturated rings. The third-order valence-corrected chi connectivity index (χ3v) is 6.31. The van der Waals surface area contributed by atoms with E-state index in [4.69, 9.17) is 5.73 Å². The molecule has 2 heterocycles. The number of hydrogen-bond acceptors (Lipinski definition) is 4. The lowest BCUT2D eigenvalue weighted by atomic mass is 9.69. The number of nitrogens with two attached hydrogens (primary N) is 1. The minimum absolute atomic E-state index is 0.00213. The van der Waals surface area contributed by atoms with E-state index in [1.807, 2.05) is 0 Å².